The number of carbonyl (C=O) groups excluding carboxylic acids is 1. The number of carbonyl (C=O) groups is 1. The molecule has 0 aliphatic rings. The van der Waals surface area contributed by atoms with Crippen LogP contribution in [0.15, 0.2) is 12.2 Å². The fourth-order valence-electron chi connectivity index (χ4n) is 0.638. The lowest BCUT2D eigenvalue weighted by Gasteiger charge is -1.99. The number of rotatable bonds is 4. The van der Waals surface area contributed by atoms with Crippen molar-refractivity contribution in [3.05, 3.63) is 12.2 Å². The van der Waals surface area contributed by atoms with E-state index >= 15 is 0 Å². The highest BCUT2D eigenvalue weighted by Gasteiger charge is 2.24. The molecule has 76 valence electrons. The summed E-state index contributed by atoms with van der Waals surface area (Å²) < 4.78 is 39.0. The van der Waals surface area contributed by atoms with Gasteiger partial charge in [-0.3, -0.25) is 4.79 Å². The topological polar surface area (TPSA) is 26.3 Å². The van der Waals surface area contributed by atoms with Crippen molar-refractivity contribution in [1.82, 2.24) is 0 Å². The fraction of sp³-hybridized carbons (Fsp3) is 0.625. The molecule has 0 rings (SSSR count). The van der Waals surface area contributed by atoms with Crippen LogP contribution in [0.1, 0.15) is 19.3 Å². The Morgan fingerprint density at radius 3 is 2.46 bits per heavy atom. The van der Waals surface area contributed by atoms with Crippen molar-refractivity contribution < 1.29 is 22.7 Å². The molecule has 0 heterocycles. The lowest BCUT2D eigenvalue weighted by atomic mass is 10.2. The van der Waals surface area contributed by atoms with Crippen molar-refractivity contribution >= 4 is 5.97 Å². The predicted molar refractivity (Wildman–Crippen MR) is 41.1 cm³/mol. The predicted octanol–water partition coefficient (Wildman–Crippen LogP) is 2.45. The highest BCUT2D eigenvalue weighted by atomic mass is 19.4. The number of allylic oxidation sites excluding steroid dienone is 2. The second-order valence-electron chi connectivity index (χ2n) is 2.41. The van der Waals surface area contributed by atoms with Crippen LogP contribution in [0, 0.1) is 0 Å². The Morgan fingerprint density at radius 2 is 2.00 bits per heavy atom. The van der Waals surface area contributed by atoms with Gasteiger partial charge in [0.2, 0.25) is 0 Å². The van der Waals surface area contributed by atoms with E-state index in [2.05, 4.69) is 4.74 Å². The Morgan fingerprint density at radius 1 is 1.38 bits per heavy atom. The summed E-state index contributed by atoms with van der Waals surface area (Å²) in [5, 5.41) is 0. The molecule has 0 saturated heterocycles. The Kier molecular flexibility index (Phi) is 5.18. The first-order valence-electron chi connectivity index (χ1n) is 3.74. The largest absolute Gasteiger partial charge is 0.469 e. The zero-order valence-electron chi connectivity index (χ0n) is 7.23. The van der Waals surface area contributed by atoms with Gasteiger partial charge in [0.1, 0.15) is 0 Å². The molecule has 0 radical (unpaired) electrons. The lowest BCUT2D eigenvalue weighted by Crippen LogP contribution is -2.04. The summed E-state index contributed by atoms with van der Waals surface area (Å²) in [6, 6.07) is 0. The van der Waals surface area contributed by atoms with E-state index in [-0.39, 0.29) is 12.8 Å². The molecule has 0 spiro atoms. The number of methoxy groups -OCH3 is 1. The maximum atomic E-state index is 11.6. The van der Waals surface area contributed by atoms with Crippen LogP contribution in [-0.2, 0) is 9.53 Å². The lowest BCUT2D eigenvalue weighted by molar-refractivity contribution is -0.140. The molecule has 0 unspecified atom stereocenters. The first-order valence-corrected chi connectivity index (χ1v) is 3.74. The van der Waals surface area contributed by atoms with Gasteiger partial charge in [-0.1, -0.05) is 12.2 Å². The number of hydrogen-bond acceptors (Lipinski definition) is 2. The van der Waals surface area contributed by atoms with Crippen LogP contribution in [0.2, 0.25) is 0 Å². The van der Waals surface area contributed by atoms with Crippen molar-refractivity contribution in [2.24, 2.45) is 0 Å². The van der Waals surface area contributed by atoms with Crippen LogP contribution in [0.25, 0.3) is 0 Å². The van der Waals surface area contributed by atoms with Gasteiger partial charge in [0.15, 0.2) is 0 Å². The van der Waals surface area contributed by atoms with Crippen LogP contribution in [0.4, 0.5) is 13.2 Å². The molecule has 0 bridgehead atoms. The van der Waals surface area contributed by atoms with Crippen LogP contribution in [-0.4, -0.2) is 19.3 Å². The Labute approximate surface area is 74.4 Å². The van der Waals surface area contributed by atoms with E-state index in [0.717, 1.165) is 6.08 Å². The molecule has 13 heavy (non-hydrogen) atoms. The summed E-state index contributed by atoms with van der Waals surface area (Å²) in [6.45, 7) is 0. The van der Waals surface area contributed by atoms with Crippen LogP contribution < -0.4 is 0 Å². The summed E-state index contributed by atoms with van der Waals surface area (Å²) in [7, 11) is 1.24. The summed E-state index contributed by atoms with van der Waals surface area (Å²) in [5.41, 5.74) is 0. The minimum atomic E-state index is -4.16. The zero-order valence-corrected chi connectivity index (χ0v) is 7.23. The molecule has 0 N–H and O–H groups in total. The average molecular weight is 196 g/mol. The van der Waals surface area contributed by atoms with E-state index in [1.54, 1.807) is 0 Å². The van der Waals surface area contributed by atoms with Gasteiger partial charge in [-0.2, -0.15) is 13.2 Å². The molecule has 0 aliphatic carbocycles. The van der Waals surface area contributed by atoms with E-state index in [1.807, 2.05) is 0 Å². The zero-order chi connectivity index (χ0) is 10.3. The SMILES string of the molecule is COC(=O)CCC=CCC(F)(F)F. The van der Waals surface area contributed by atoms with E-state index in [9.17, 15) is 18.0 Å². The molecule has 0 aliphatic heterocycles. The number of halogens is 3. The van der Waals surface area contributed by atoms with Crippen molar-refractivity contribution in [2.75, 3.05) is 7.11 Å². The first-order chi connectivity index (χ1) is 5.95. The maximum absolute atomic E-state index is 11.6. The summed E-state index contributed by atoms with van der Waals surface area (Å²) >= 11 is 0. The van der Waals surface area contributed by atoms with Crippen molar-refractivity contribution in [3.8, 4) is 0 Å². The van der Waals surface area contributed by atoms with Crippen molar-refractivity contribution in [2.45, 2.75) is 25.4 Å². The molecule has 0 fully saturated rings. The third-order valence-corrected chi connectivity index (χ3v) is 1.26. The van der Waals surface area contributed by atoms with Gasteiger partial charge in [-0.15, -0.1) is 0 Å². The van der Waals surface area contributed by atoms with Gasteiger partial charge in [0, 0.05) is 6.42 Å². The maximum Gasteiger partial charge on any atom is 0.392 e. The highest BCUT2D eigenvalue weighted by Crippen LogP contribution is 2.19. The number of ether oxygens (including phenoxy) is 1. The smallest absolute Gasteiger partial charge is 0.392 e. The molecular formula is C8H11F3O2. The Balaban J connectivity index is 3.48. The van der Waals surface area contributed by atoms with Crippen LogP contribution >= 0.6 is 0 Å². The van der Waals surface area contributed by atoms with E-state index in [4.69, 9.17) is 0 Å². The molecule has 0 atom stereocenters. The molecule has 5 heteroatoms. The van der Waals surface area contributed by atoms with E-state index in [0.29, 0.717) is 0 Å². The van der Waals surface area contributed by atoms with Gasteiger partial charge < -0.3 is 4.74 Å². The average Bonchev–Trinajstić information content (AvgIpc) is 2.01. The van der Waals surface area contributed by atoms with Crippen molar-refractivity contribution in [1.29, 1.82) is 0 Å². The molecule has 0 saturated carbocycles. The van der Waals surface area contributed by atoms with Crippen molar-refractivity contribution in [3.63, 3.8) is 0 Å². The van der Waals surface area contributed by atoms with Crippen LogP contribution in [0.3, 0.4) is 0 Å². The standard InChI is InChI=1S/C8H11F3O2/c1-13-7(12)5-3-2-4-6-8(9,10)11/h2,4H,3,5-6H2,1H3. The second-order valence-corrected chi connectivity index (χ2v) is 2.41. The minimum absolute atomic E-state index is 0.116. The molecule has 0 aromatic carbocycles. The third kappa shape index (κ3) is 8.91. The molecule has 0 aromatic rings. The molecular weight excluding hydrogens is 185 g/mol. The minimum Gasteiger partial charge on any atom is -0.469 e. The Hall–Kier alpha value is -1.00. The summed E-state index contributed by atoms with van der Waals surface area (Å²) in [5.74, 6) is -0.420. The molecule has 0 aromatic heterocycles. The first kappa shape index (κ1) is 12.0. The molecule has 2 nitrogen and oxygen atoms in total. The second kappa shape index (κ2) is 5.61. The number of esters is 1. The normalized spacial score (nSPS) is 12.0. The summed E-state index contributed by atoms with van der Waals surface area (Å²) in [6.07, 6.45) is -2.39. The summed E-state index contributed by atoms with van der Waals surface area (Å²) in [4.78, 5) is 10.5. The monoisotopic (exact) mass is 196 g/mol. The van der Waals surface area contributed by atoms with Gasteiger partial charge in [-0.05, 0) is 6.42 Å². The Bertz CT molecular complexity index is 184. The quantitative estimate of drug-likeness (QED) is 0.510. The van der Waals surface area contributed by atoms with Gasteiger partial charge >= 0.3 is 12.1 Å². The van der Waals surface area contributed by atoms with Gasteiger partial charge in [0.05, 0.1) is 13.5 Å². The van der Waals surface area contributed by atoms with E-state index in [1.165, 1.54) is 13.2 Å². The van der Waals surface area contributed by atoms with Gasteiger partial charge in [-0.25, -0.2) is 0 Å². The fourth-order valence-corrected chi connectivity index (χ4v) is 0.638. The third-order valence-electron chi connectivity index (χ3n) is 1.26. The highest BCUT2D eigenvalue weighted by molar-refractivity contribution is 5.69. The van der Waals surface area contributed by atoms with Gasteiger partial charge in [0.25, 0.3) is 0 Å². The molecule has 0 amide bonds. The number of alkyl halides is 3. The van der Waals surface area contributed by atoms with E-state index < -0.39 is 18.6 Å². The number of hydrogen-bond donors (Lipinski definition) is 0. The van der Waals surface area contributed by atoms with Crippen LogP contribution in [0.5, 0.6) is 0 Å².